The molecule has 0 aromatic heterocycles. The second-order valence-corrected chi connectivity index (χ2v) is 5.27. The van der Waals surface area contributed by atoms with E-state index in [0.717, 1.165) is 15.6 Å². The van der Waals surface area contributed by atoms with Crippen LogP contribution in [0, 0.1) is 5.82 Å². The monoisotopic (exact) mass is 343 g/mol. The van der Waals surface area contributed by atoms with E-state index >= 15 is 0 Å². The summed E-state index contributed by atoms with van der Waals surface area (Å²) in [4.78, 5) is 0. The lowest BCUT2D eigenvalue weighted by molar-refractivity contribution is 0.303. The Hall–Kier alpha value is -1.10. The first-order chi connectivity index (χ1) is 9.10. The van der Waals surface area contributed by atoms with Crippen molar-refractivity contribution in [3.63, 3.8) is 0 Å². The van der Waals surface area contributed by atoms with Gasteiger partial charge in [0.1, 0.15) is 18.2 Å². The van der Waals surface area contributed by atoms with Crippen molar-refractivity contribution in [1.82, 2.24) is 0 Å². The third-order valence-electron chi connectivity index (χ3n) is 2.61. The standard InChI is InChI=1S/C14H12BrClFNO/c15-11-5-9(7-18)2-4-14(11)19-8-10-1-3-12(16)13(17)6-10/h1-6H,7-8,18H2. The molecular formula is C14H12BrClFNO. The van der Waals surface area contributed by atoms with Crippen LogP contribution < -0.4 is 10.5 Å². The fourth-order valence-corrected chi connectivity index (χ4v) is 2.24. The molecule has 2 nitrogen and oxygen atoms in total. The van der Waals surface area contributed by atoms with Crippen molar-refractivity contribution in [3.05, 3.63) is 62.8 Å². The van der Waals surface area contributed by atoms with E-state index in [1.807, 2.05) is 18.2 Å². The van der Waals surface area contributed by atoms with Gasteiger partial charge in [-0.2, -0.15) is 0 Å². The van der Waals surface area contributed by atoms with Crippen molar-refractivity contribution in [2.75, 3.05) is 0 Å². The van der Waals surface area contributed by atoms with Gasteiger partial charge < -0.3 is 10.5 Å². The Bertz CT molecular complexity index is 592. The van der Waals surface area contributed by atoms with E-state index < -0.39 is 5.82 Å². The van der Waals surface area contributed by atoms with Crippen LogP contribution >= 0.6 is 27.5 Å². The van der Waals surface area contributed by atoms with Crippen LogP contribution in [0.15, 0.2) is 40.9 Å². The van der Waals surface area contributed by atoms with Crippen molar-refractivity contribution in [1.29, 1.82) is 0 Å². The minimum atomic E-state index is -0.444. The minimum Gasteiger partial charge on any atom is -0.488 e. The van der Waals surface area contributed by atoms with E-state index in [2.05, 4.69) is 15.9 Å². The van der Waals surface area contributed by atoms with Crippen molar-refractivity contribution in [2.45, 2.75) is 13.2 Å². The summed E-state index contributed by atoms with van der Waals surface area (Å²) in [6.07, 6.45) is 0. The lowest BCUT2D eigenvalue weighted by atomic mass is 10.2. The summed E-state index contributed by atoms with van der Waals surface area (Å²) in [6, 6.07) is 10.2. The Labute approximate surface area is 124 Å². The first kappa shape index (κ1) is 14.3. The number of rotatable bonds is 4. The lowest BCUT2D eigenvalue weighted by Gasteiger charge is -2.09. The lowest BCUT2D eigenvalue weighted by Crippen LogP contribution is -1.99. The summed E-state index contributed by atoms with van der Waals surface area (Å²) in [7, 11) is 0. The third-order valence-corrected chi connectivity index (χ3v) is 3.54. The van der Waals surface area contributed by atoms with Crippen LogP contribution in [-0.2, 0) is 13.2 Å². The van der Waals surface area contributed by atoms with Gasteiger partial charge in [-0.15, -0.1) is 0 Å². The Kier molecular flexibility index (Phi) is 4.80. The molecule has 0 fully saturated rings. The van der Waals surface area contributed by atoms with Crippen LogP contribution in [0.2, 0.25) is 5.02 Å². The number of benzene rings is 2. The molecule has 0 atom stereocenters. The summed E-state index contributed by atoms with van der Waals surface area (Å²) in [6.45, 7) is 0.746. The van der Waals surface area contributed by atoms with Crippen LogP contribution in [0.3, 0.4) is 0 Å². The average molecular weight is 345 g/mol. The van der Waals surface area contributed by atoms with Gasteiger partial charge in [-0.25, -0.2) is 4.39 Å². The number of hydrogen-bond donors (Lipinski definition) is 1. The minimum absolute atomic E-state index is 0.109. The van der Waals surface area contributed by atoms with Crippen molar-refractivity contribution in [2.24, 2.45) is 5.73 Å². The van der Waals surface area contributed by atoms with Crippen LogP contribution in [0.25, 0.3) is 0 Å². The Morgan fingerprint density at radius 1 is 1.16 bits per heavy atom. The van der Waals surface area contributed by atoms with E-state index in [-0.39, 0.29) is 11.6 Å². The molecule has 0 aliphatic heterocycles. The third kappa shape index (κ3) is 3.69. The summed E-state index contributed by atoms with van der Waals surface area (Å²) >= 11 is 9.03. The van der Waals surface area contributed by atoms with Gasteiger partial charge in [0.15, 0.2) is 0 Å². The van der Waals surface area contributed by atoms with Crippen molar-refractivity contribution >= 4 is 27.5 Å². The number of ether oxygens (including phenoxy) is 1. The highest BCUT2D eigenvalue weighted by Crippen LogP contribution is 2.27. The zero-order chi connectivity index (χ0) is 13.8. The maximum absolute atomic E-state index is 13.3. The second-order valence-electron chi connectivity index (χ2n) is 4.01. The van der Waals surface area contributed by atoms with Gasteiger partial charge in [-0.1, -0.05) is 23.7 Å². The highest BCUT2D eigenvalue weighted by molar-refractivity contribution is 9.10. The molecule has 0 amide bonds. The highest BCUT2D eigenvalue weighted by atomic mass is 79.9. The predicted molar refractivity (Wildman–Crippen MR) is 77.8 cm³/mol. The summed E-state index contributed by atoms with van der Waals surface area (Å²) in [5, 5.41) is 0.109. The summed E-state index contributed by atoms with van der Waals surface area (Å²) in [5.74, 6) is 0.243. The topological polar surface area (TPSA) is 35.2 Å². The fraction of sp³-hybridized carbons (Fsp3) is 0.143. The van der Waals surface area contributed by atoms with E-state index in [0.29, 0.717) is 12.3 Å². The predicted octanol–water partition coefficient (Wildman–Crippen LogP) is 4.28. The van der Waals surface area contributed by atoms with Gasteiger partial charge in [0, 0.05) is 6.54 Å². The van der Waals surface area contributed by atoms with Crippen molar-refractivity contribution < 1.29 is 9.13 Å². The maximum atomic E-state index is 13.3. The number of nitrogens with two attached hydrogens (primary N) is 1. The normalized spacial score (nSPS) is 10.5. The molecule has 0 radical (unpaired) electrons. The molecule has 0 bridgehead atoms. The van der Waals surface area contributed by atoms with Crippen LogP contribution in [0.5, 0.6) is 5.75 Å². The second kappa shape index (κ2) is 6.37. The fourth-order valence-electron chi connectivity index (χ4n) is 1.58. The zero-order valence-electron chi connectivity index (χ0n) is 10.00. The maximum Gasteiger partial charge on any atom is 0.142 e. The van der Waals surface area contributed by atoms with Gasteiger partial charge in [0.25, 0.3) is 0 Å². The summed E-state index contributed by atoms with van der Waals surface area (Å²) in [5.41, 5.74) is 7.28. The van der Waals surface area contributed by atoms with E-state index in [9.17, 15) is 4.39 Å². The quantitative estimate of drug-likeness (QED) is 0.898. The van der Waals surface area contributed by atoms with Crippen molar-refractivity contribution in [3.8, 4) is 5.75 Å². The number of halogens is 3. The molecule has 0 saturated carbocycles. The molecule has 2 N–H and O–H groups in total. The molecule has 0 aliphatic rings. The molecule has 0 spiro atoms. The molecule has 5 heteroatoms. The van der Waals surface area contributed by atoms with Crippen LogP contribution in [0.1, 0.15) is 11.1 Å². The molecule has 2 aromatic rings. The molecule has 2 aromatic carbocycles. The molecular weight excluding hydrogens is 333 g/mol. The Morgan fingerprint density at radius 3 is 2.53 bits per heavy atom. The first-order valence-corrected chi connectivity index (χ1v) is 6.82. The average Bonchev–Trinajstić information content (AvgIpc) is 2.41. The Balaban J connectivity index is 2.07. The van der Waals surface area contributed by atoms with Crippen LogP contribution in [-0.4, -0.2) is 0 Å². The molecule has 0 saturated heterocycles. The summed E-state index contributed by atoms with van der Waals surface area (Å²) < 4.78 is 19.7. The smallest absolute Gasteiger partial charge is 0.142 e. The molecule has 19 heavy (non-hydrogen) atoms. The van der Waals surface area contributed by atoms with Gasteiger partial charge in [0.05, 0.1) is 9.50 Å². The molecule has 100 valence electrons. The van der Waals surface area contributed by atoms with Gasteiger partial charge in [0.2, 0.25) is 0 Å². The largest absolute Gasteiger partial charge is 0.488 e. The number of hydrogen-bond acceptors (Lipinski definition) is 2. The highest BCUT2D eigenvalue weighted by Gasteiger charge is 2.05. The van der Waals surface area contributed by atoms with Gasteiger partial charge in [-0.05, 0) is 51.3 Å². The molecule has 0 heterocycles. The van der Waals surface area contributed by atoms with Gasteiger partial charge in [-0.3, -0.25) is 0 Å². The van der Waals surface area contributed by atoms with E-state index in [4.69, 9.17) is 22.1 Å². The van der Waals surface area contributed by atoms with Gasteiger partial charge >= 0.3 is 0 Å². The molecule has 0 unspecified atom stereocenters. The first-order valence-electron chi connectivity index (χ1n) is 5.65. The molecule has 2 rings (SSSR count). The van der Waals surface area contributed by atoms with E-state index in [1.165, 1.54) is 12.1 Å². The Morgan fingerprint density at radius 2 is 1.89 bits per heavy atom. The zero-order valence-corrected chi connectivity index (χ0v) is 12.3. The van der Waals surface area contributed by atoms with Crippen LogP contribution in [0.4, 0.5) is 4.39 Å². The SMILES string of the molecule is NCc1ccc(OCc2ccc(Cl)c(F)c2)c(Br)c1. The van der Waals surface area contributed by atoms with E-state index in [1.54, 1.807) is 6.07 Å². The molecule has 0 aliphatic carbocycles.